The minimum absolute atomic E-state index is 0.174. The normalized spacial score (nSPS) is 11.7. The molecule has 0 aliphatic carbocycles. The van der Waals surface area contributed by atoms with E-state index in [2.05, 4.69) is 4.99 Å². The number of ether oxygens (including phenoxy) is 1. The van der Waals surface area contributed by atoms with Crippen molar-refractivity contribution in [3.05, 3.63) is 64.7 Å². The number of carbonyl (C=O) groups is 1. The Balaban J connectivity index is 2.36. The fourth-order valence-corrected chi connectivity index (χ4v) is 2.51. The third-order valence-corrected chi connectivity index (χ3v) is 4.02. The summed E-state index contributed by atoms with van der Waals surface area (Å²) in [7, 11) is 1.56. The van der Waals surface area contributed by atoms with Crippen molar-refractivity contribution in [3.8, 4) is 5.75 Å². The monoisotopic (exact) mass is 322 g/mol. The van der Waals surface area contributed by atoms with Crippen molar-refractivity contribution in [1.29, 1.82) is 0 Å². The Bertz CT molecular complexity index is 1000. The molecular weight excluding hydrogens is 304 g/mol. The lowest BCUT2D eigenvalue weighted by Crippen LogP contribution is -2.21. The summed E-state index contributed by atoms with van der Waals surface area (Å²) in [6.45, 7) is 3.98. The fourth-order valence-electron chi connectivity index (χ4n) is 2.51. The van der Waals surface area contributed by atoms with Crippen LogP contribution in [-0.4, -0.2) is 13.0 Å². The van der Waals surface area contributed by atoms with Crippen LogP contribution in [0.25, 0.3) is 11.0 Å². The topological polar surface area (TPSA) is 77.8 Å². The first-order valence-corrected chi connectivity index (χ1v) is 7.53. The smallest absolute Gasteiger partial charge is 0.254 e. The second-order valence-electron chi connectivity index (χ2n) is 5.54. The quantitative estimate of drug-likeness (QED) is 0.803. The minimum Gasteiger partial charge on any atom is -0.493 e. The zero-order chi connectivity index (χ0) is 17.3. The summed E-state index contributed by atoms with van der Waals surface area (Å²) in [4.78, 5) is 16.4. The van der Waals surface area contributed by atoms with Crippen LogP contribution in [0.3, 0.4) is 0 Å². The second-order valence-corrected chi connectivity index (χ2v) is 5.54. The molecule has 0 aliphatic rings. The number of hydrogen-bond acceptors (Lipinski definition) is 4. The number of hydrogen-bond donors (Lipinski definition) is 1. The molecule has 122 valence electrons. The maximum atomic E-state index is 11.8. The van der Waals surface area contributed by atoms with Crippen molar-refractivity contribution in [2.45, 2.75) is 13.8 Å². The number of aryl methyl sites for hydroxylation is 1. The van der Waals surface area contributed by atoms with E-state index in [1.807, 2.05) is 44.2 Å². The van der Waals surface area contributed by atoms with Crippen LogP contribution in [-0.2, 0) is 0 Å². The van der Waals surface area contributed by atoms with E-state index in [0.29, 0.717) is 11.3 Å². The van der Waals surface area contributed by atoms with Crippen molar-refractivity contribution >= 4 is 22.6 Å². The number of fused-ring (bicyclic) bond motifs is 1. The largest absolute Gasteiger partial charge is 0.493 e. The maximum Gasteiger partial charge on any atom is 0.254 e. The van der Waals surface area contributed by atoms with Gasteiger partial charge in [0.05, 0.1) is 12.8 Å². The molecule has 0 radical (unpaired) electrons. The van der Waals surface area contributed by atoms with E-state index in [1.165, 1.54) is 0 Å². The van der Waals surface area contributed by atoms with E-state index in [9.17, 15) is 4.79 Å². The molecule has 3 rings (SSSR count). The molecule has 3 aromatic rings. The van der Waals surface area contributed by atoms with Crippen molar-refractivity contribution in [2.75, 3.05) is 7.11 Å². The highest BCUT2D eigenvalue weighted by Gasteiger charge is 2.12. The molecule has 0 fully saturated rings. The summed E-state index contributed by atoms with van der Waals surface area (Å²) in [6, 6.07) is 12.9. The summed E-state index contributed by atoms with van der Waals surface area (Å²) < 4.78 is 11.2. The molecule has 1 heterocycles. The summed E-state index contributed by atoms with van der Waals surface area (Å²) in [6.07, 6.45) is 0. The highest BCUT2D eigenvalue weighted by molar-refractivity contribution is 5.96. The average Bonchev–Trinajstić information content (AvgIpc) is 2.57. The first kappa shape index (κ1) is 15.8. The molecule has 0 spiro atoms. The Morgan fingerprint density at radius 1 is 1.17 bits per heavy atom. The minimum atomic E-state index is -0.590. The van der Waals surface area contributed by atoms with E-state index in [4.69, 9.17) is 14.9 Å². The molecule has 5 heteroatoms. The molecule has 0 unspecified atom stereocenters. The summed E-state index contributed by atoms with van der Waals surface area (Å²) in [5.74, 6) is -0.0199. The Morgan fingerprint density at radius 3 is 2.62 bits per heavy atom. The molecule has 0 atom stereocenters. The molecule has 1 amide bonds. The Morgan fingerprint density at radius 2 is 1.92 bits per heavy atom. The van der Waals surface area contributed by atoms with Crippen molar-refractivity contribution < 1.29 is 13.9 Å². The lowest BCUT2D eigenvalue weighted by atomic mass is 10.1. The van der Waals surface area contributed by atoms with Crippen LogP contribution in [0.1, 0.15) is 21.5 Å². The number of methoxy groups -OCH3 is 1. The number of primary amides is 1. The second kappa shape index (κ2) is 6.20. The van der Waals surface area contributed by atoms with Crippen molar-refractivity contribution in [1.82, 2.24) is 0 Å². The van der Waals surface area contributed by atoms with Gasteiger partial charge in [0.1, 0.15) is 5.56 Å². The van der Waals surface area contributed by atoms with E-state index in [1.54, 1.807) is 19.2 Å². The first-order chi connectivity index (χ1) is 11.5. The fraction of sp³-hybridized carbons (Fsp3) is 0.158. The molecule has 0 saturated heterocycles. The van der Waals surface area contributed by atoms with Gasteiger partial charge in [0.25, 0.3) is 5.91 Å². The van der Waals surface area contributed by atoms with Crippen LogP contribution in [0.15, 0.2) is 51.9 Å². The maximum absolute atomic E-state index is 11.8. The SMILES string of the molecule is COc1cccc2cc(C(N)=O)c(=Nc3cccc(C)c3C)oc12. The lowest BCUT2D eigenvalue weighted by molar-refractivity contribution is 0.0996. The van der Waals surface area contributed by atoms with Crippen molar-refractivity contribution in [2.24, 2.45) is 10.7 Å². The average molecular weight is 322 g/mol. The summed E-state index contributed by atoms with van der Waals surface area (Å²) in [5.41, 5.74) is 9.29. The standard InChI is InChI=1S/C19H18N2O3/c1-11-6-4-8-15(12(11)2)21-19-14(18(20)22)10-13-7-5-9-16(23-3)17(13)24-19/h4-10H,1-3H3,(H2,20,22). The number of benzene rings is 2. The number of carbonyl (C=O) groups excluding carboxylic acids is 1. The summed E-state index contributed by atoms with van der Waals surface area (Å²) >= 11 is 0. The predicted molar refractivity (Wildman–Crippen MR) is 92.4 cm³/mol. The molecule has 0 bridgehead atoms. The molecule has 0 aliphatic heterocycles. The van der Waals surface area contributed by atoms with E-state index >= 15 is 0 Å². The van der Waals surface area contributed by atoms with Gasteiger partial charge < -0.3 is 14.9 Å². The van der Waals surface area contributed by atoms with E-state index in [-0.39, 0.29) is 11.1 Å². The molecule has 24 heavy (non-hydrogen) atoms. The molecule has 2 aromatic carbocycles. The third-order valence-electron chi connectivity index (χ3n) is 4.02. The molecule has 2 N–H and O–H groups in total. The zero-order valence-corrected chi connectivity index (χ0v) is 13.8. The Kier molecular flexibility index (Phi) is 4.08. The summed E-state index contributed by atoms with van der Waals surface area (Å²) in [5, 5.41) is 0.725. The van der Waals surface area contributed by atoms with Gasteiger partial charge in [-0.2, -0.15) is 0 Å². The number of nitrogens with zero attached hydrogens (tertiary/aromatic N) is 1. The van der Waals surface area contributed by atoms with Crippen LogP contribution in [0.4, 0.5) is 5.69 Å². The van der Waals surface area contributed by atoms with Gasteiger partial charge in [0, 0.05) is 5.39 Å². The van der Waals surface area contributed by atoms with Gasteiger partial charge in [-0.25, -0.2) is 4.99 Å². The lowest BCUT2D eigenvalue weighted by Gasteiger charge is -2.07. The van der Waals surface area contributed by atoms with Gasteiger partial charge in [0.15, 0.2) is 11.3 Å². The van der Waals surface area contributed by atoms with Crippen LogP contribution < -0.4 is 16.0 Å². The van der Waals surface area contributed by atoms with Gasteiger partial charge in [-0.15, -0.1) is 0 Å². The van der Waals surface area contributed by atoms with Crippen molar-refractivity contribution in [3.63, 3.8) is 0 Å². The first-order valence-electron chi connectivity index (χ1n) is 7.53. The van der Waals surface area contributed by atoms with Gasteiger partial charge in [0.2, 0.25) is 5.55 Å². The van der Waals surface area contributed by atoms with Gasteiger partial charge >= 0.3 is 0 Å². The number of amides is 1. The molecule has 0 saturated carbocycles. The van der Waals surface area contributed by atoms with E-state index in [0.717, 1.165) is 22.2 Å². The third kappa shape index (κ3) is 2.76. The number of rotatable bonds is 3. The molecule has 5 nitrogen and oxygen atoms in total. The highest BCUT2D eigenvalue weighted by Crippen LogP contribution is 2.25. The zero-order valence-electron chi connectivity index (χ0n) is 13.8. The van der Waals surface area contributed by atoms with Crippen LogP contribution in [0.2, 0.25) is 0 Å². The van der Waals surface area contributed by atoms with Crippen LogP contribution in [0.5, 0.6) is 5.75 Å². The number of nitrogens with two attached hydrogens (primary N) is 1. The molecular formula is C19H18N2O3. The van der Waals surface area contributed by atoms with Crippen LogP contribution in [0, 0.1) is 13.8 Å². The highest BCUT2D eigenvalue weighted by atomic mass is 16.5. The van der Waals surface area contributed by atoms with Gasteiger partial charge in [-0.1, -0.05) is 24.3 Å². The van der Waals surface area contributed by atoms with E-state index < -0.39 is 5.91 Å². The Hall–Kier alpha value is -3.08. The van der Waals surface area contributed by atoms with Crippen LogP contribution >= 0.6 is 0 Å². The van der Waals surface area contributed by atoms with Gasteiger partial charge in [-0.05, 0) is 43.2 Å². The molecule has 1 aromatic heterocycles. The predicted octanol–water partition coefficient (Wildman–Crippen LogP) is 3.39. The Labute approximate surface area is 139 Å². The van der Waals surface area contributed by atoms with Gasteiger partial charge in [-0.3, -0.25) is 4.79 Å². The number of para-hydroxylation sites is 1.